The first kappa shape index (κ1) is 19.4. The topological polar surface area (TPSA) is 58.6 Å². The molecule has 0 aromatic heterocycles. The van der Waals surface area contributed by atoms with Gasteiger partial charge in [-0.2, -0.15) is 0 Å². The summed E-state index contributed by atoms with van der Waals surface area (Å²) in [6, 6.07) is 7.82. The molecule has 0 saturated carbocycles. The van der Waals surface area contributed by atoms with Gasteiger partial charge in [-0.25, -0.2) is 4.79 Å². The highest BCUT2D eigenvalue weighted by Gasteiger charge is 2.47. The van der Waals surface area contributed by atoms with Crippen LogP contribution in [0.1, 0.15) is 74.2 Å². The van der Waals surface area contributed by atoms with Crippen molar-refractivity contribution in [3.05, 3.63) is 35.4 Å². The Kier molecular flexibility index (Phi) is 7.09. The summed E-state index contributed by atoms with van der Waals surface area (Å²) in [5.41, 5.74) is 1.58. The van der Waals surface area contributed by atoms with Gasteiger partial charge >= 0.3 is 5.97 Å². The zero-order valence-corrected chi connectivity index (χ0v) is 16.0. The molecule has 4 atom stereocenters. The molecule has 1 aromatic rings. The lowest BCUT2D eigenvalue weighted by Crippen LogP contribution is -2.44. The largest absolute Gasteiger partial charge is 0.478 e. The van der Waals surface area contributed by atoms with Crippen molar-refractivity contribution in [2.45, 2.75) is 83.0 Å². The second-order valence-corrected chi connectivity index (χ2v) is 7.89. The van der Waals surface area contributed by atoms with Gasteiger partial charge in [-0.05, 0) is 56.3 Å². The van der Waals surface area contributed by atoms with Crippen molar-refractivity contribution in [3.8, 4) is 0 Å². The molecule has 144 valence electrons. The van der Waals surface area contributed by atoms with Crippen molar-refractivity contribution in [3.63, 3.8) is 0 Å². The molecule has 1 aromatic carbocycles. The van der Waals surface area contributed by atoms with E-state index in [1.807, 2.05) is 12.1 Å². The van der Waals surface area contributed by atoms with E-state index in [1.165, 1.54) is 50.5 Å². The molecule has 4 nitrogen and oxygen atoms in total. The number of fused-ring (bicyclic) bond motifs is 2. The Morgan fingerprint density at radius 2 is 1.85 bits per heavy atom. The smallest absolute Gasteiger partial charge is 0.335 e. The molecule has 2 N–H and O–H groups in total. The summed E-state index contributed by atoms with van der Waals surface area (Å²) in [6.45, 7) is 3.36. The van der Waals surface area contributed by atoms with E-state index in [1.54, 1.807) is 12.1 Å². The van der Waals surface area contributed by atoms with Gasteiger partial charge in [-0.15, -0.1) is 0 Å². The fourth-order valence-electron chi connectivity index (χ4n) is 4.57. The average Bonchev–Trinajstić information content (AvgIpc) is 3.25. The summed E-state index contributed by atoms with van der Waals surface area (Å²) < 4.78 is 6.19. The molecule has 2 fully saturated rings. The lowest BCUT2D eigenvalue weighted by atomic mass is 9.81. The SMILES string of the molecule is CCCCCCCN[C@@H]1[C@H](CCc2ccc(C(=O)O)cc2)[C@@H]2CC[C@H]1O2. The molecule has 3 rings (SSSR count). The van der Waals surface area contributed by atoms with E-state index in [0.29, 0.717) is 29.7 Å². The molecule has 0 spiro atoms. The van der Waals surface area contributed by atoms with E-state index in [4.69, 9.17) is 9.84 Å². The molecule has 2 saturated heterocycles. The maximum atomic E-state index is 11.0. The lowest BCUT2D eigenvalue weighted by Gasteiger charge is -2.29. The predicted octanol–water partition coefficient (Wildman–Crippen LogP) is 4.42. The van der Waals surface area contributed by atoms with Gasteiger partial charge in [0.25, 0.3) is 0 Å². The second-order valence-electron chi connectivity index (χ2n) is 7.89. The normalized spacial score (nSPS) is 27.1. The Bertz CT molecular complexity index is 571. The zero-order chi connectivity index (χ0) is 18.4. The standard InChI is InChI=1S/C22H33NO3/c1-2-3-4-5-6-15-23-21-18(19-13-14-20(21)26-19)12-9-16-7-10-17(11-8-16)22(24)25/h7-8,10-11,18-21,23H,2-6,9,12-15H2,1H3,(H,24,25)/t18-,19+,20-,21-/m1/s1. The highest BCUT2D eigenvalue weighted by molar-refractivity contribution is 5.87. The van der Waals surface area contributed by atoms with Crippen LogP contribution in [-0.4, -0.2) is 35.9 Å². The van der Waals surface area contributed by atoms with Crippen LogP contribution < -0.4 is 5.32 Å². The van der Waals surface area contributed by atoms with E-state index in [-0.39, 0.29) is 0 Å². The van der Waals surface area contributed by atoms with Crippen molar-refractivity contribution >= 4 is 5.97 Å². The zero-order valence-electron chi connectivity index (χ0n) is 16.0. The van der Waals surface area contributed by atoms with Crippen LogP contribution in [-0.2, 0) is 11.2 Å². The van der Waals surface area contributed by atoms with E-state index in [2.05, 4.69) is 12.2 Å². The van der Waals surface area contributed by atoms with E-state index < -0.39 is 5.97 Å². The number of rotatable bonds is 11. The number of nitrogens with one attached hydrogen (secondary N) is 1. The van der Waals surface area contributed by atoms with Crippen LogP contribution in [0.4, 0.5) is 0 Å². The number of aryl methyl sites for hydroxylation is 1. The first-order valence-corrected chi connectivity index (χ1v) is 10.4. The summed E-state index contributed by atoms with van der Waals surface area (Å²) in [4.78, 5) is 11.0. The quantitative estimate of drug-likeness (QED) is 0.574. The number of benzene rings is 1. The van der Waals surface area contributed by atoms with Crippen molar-refractivity contribution in [2.24, 2.45) is 5.92 Å². The summed E-state index contributed by atoms with van der Waals surface area (Å²) in [7, 11) is 0. The molecule has 0 amide bonds. The lowest BCUT2D eigenvalue weighted by molar-refractivity contribution is 0.0697. The summed E-state index contributed by atoms with van der Waals surface area (Å²) in [5, 5.41) is 12.8. The number of carbonyl (C=O) groups is 1. The Labute approximate surface area is 157 Å². The third-order valence-electron chi connectivity index (χ3n) is 6.05. The predicted molar refractivity (Wildman–Crippen MR) is 104 cm³/mol. The highest BCUT2D eigenvalue weighted by Crippen LogP contribution is 2.41. The number of carboxylic acid groups (broad SMARTS) is 1. The molecule has 0 radical (unpaired) electrons. The van der Waals surface area contributed by atoms with Gasteiger partial charge in [0.1, 0.15) is 0 Å². The van der Waals surface area contributed by atoms with Gasteiger partial charge in [0.15, 0.2) is 0 Å². The Hall–Kier alpha value is -1.39. The van der Waals surface area contributed by atoms with Gasteiger partial charge in [0, 0.05) is 12.0 Å². The number of hydrogen-bond acceptors (Lipinski definition) is 3. The van der Waals surface area contributed by atoms with Gasteiger partial charge in [0.2, 0.25) is 0 Å². The minimum Gasteiger partial charge on any atom is -0.478 e. The van der Waals surface area contributed by atoms with E-state index in [9.17, 15) is 4.79 Å². The van der Waals surface area contributed by atoms with Crippen LogP contribution in [0, 0.1) is 5.92 Å². The molecule has 0 unspecified atom stereocenters. The summed E-state index contributed by atoms with van der Waals surface area (Å²) >= 11 is 0. The van der Waals surface area contributed by atoms with Crippen LogP contribution in [0.3, 0.4) is 0 Å². The van der Waals surface area contributed by atoms with Gasteiger partial charge in [-0.1, -0.05) is 44.7 Å². The second kappa shape index (κ2) is 9.52. The minimum atomic E-state index is -0.860. The maximum Gasteiger partial charge on any atom is 0.335 e. The average molecular weight is 360 g/mol. The minimum absolute atomic E-state index is 0.361. The first-order valence-electron chi connectivity index (χ1n) is 10.4. The van der Waals surface area contributed by atoms with Crippen LogP contribution in [0.5, 0.6) is 0 Å². The molecule has 2 aliphatic heterocycles. The Balaban J connectivity index is 1.46. The van der Waals surface area contributed by atoms with Crippen molar-refractivity contribution in [2.75, 3.05) is 6.54 Å². The van der Waals surface area contributed by atoms with Gasteiger partial charge in [0.05, 0.1) is 17.8 Å². The fraction of sp³-hybridized carbons (Fsp3) is 0.682. The molecule has 2 aliphatic rings. The monoisotopic (exact) mass is 359 g/mol. The third-order valence-corrected chi connectivity index (χ3v) is 6.05. The van der Waals surface area contributed by atoms with E-state index in [0.717, 1.165) is 19.4 Å². The maximum absolute atomic E-state index is 11.0. The molecular formula is C22H33NO3. The van der Waals surface area contributed by atoms with Crippen molar-refractivity contribution in [1.29, 1.82) is 0 Å². The van der Waals surface area contributed by atoms with Crippen LogP contribution >= 0.6 is 0 Å². The number of ether oxygens (including phenoxy) is 1. The number of carboxylic acids is 1. The van der Waals surface area contributed by atoms with Gasteiger partial charge in [-0.3, -0.25) is 0 Å². The number of aromatic carboxylic acids is 1. The summed E-state index contributed by atoms with van der Waals surface area (Å²) in [6.07, 6.45) is 11.9. The van der Waals surface area contributed by atoms with E-state index >= 15 is 0 Å². The van der Waals surface area contributed by atoms with Crippen LogP contribution in [0.2, 0.25) is 0 Å². The highest BCUT2D eigenvalue weighted by atomic mass is 16.5. The first-order chi connectivity index (χ1) is 12.7. The Morgan fingerprint density at radius 1 is 1.12 bits per heavy atom. The molecule has 0 aliphatic carbocycles. The van der Waals surface area contributed by atoms with Crippen molar-refractivity contribution in [1.82, 2.24) is 5.32 Å². The Morgan fingerprint density at radius 3 is 2.58 bits per heavy atom. The van der Waals surface area contributed by atoms with Crippen molar-refractivity contribution < 1.29 is 14.6 Å². The molecule has 4 heteroatoms. The summed E-state index contributed by atoms with van der Waals surface area (Å²) in [5.74, 6) is -0.273. The molecule has 2 bridgehead atoms. The van der Waals surface area contributed by atoms with Crippen LogP contribution in [0.15, 0.2) is 24.3 Å². The number of unbranched alkanes of at least 4 members (excludes halogenated alkanes) is 4. The molecular weight excluding hydrogens is 326 g/mol. The van der Waals surface area contributed by atoms with Crippen LogP contribution in [0.25, 0.3) is 0 Å². The van der Waals surface area contributed by atoms with Gasteiger partial charge < -0.3 is 15.2 Å². The third kappa shape index (κ3) is 4.86. The fourth-order valence-corrected chi connectivity index (χ4v) is 4.57. The number of hydrogen-bond donors (Lipinski definition) is 2. The molecule has 26 heavy (non-hydrogen) atoms. The molecule has 2 heterocycles.